The average molecular weight is 357 g/mol. The van der Waals surface area contributed by atoms with Gasteiger partial charge in [0.15, 0.2) is 0 Å². The zero-order chi connectivity index (χ0) is 17.2. The summed E-state index contributed by atoms with van der Waals surface area (Å²) in [6, 6.07) is 8.03. The third-order valence-electron chi connectivity index (χ3n) is 4.44. The SMILES string of the molecule is O=C(c1ccccc1F)N1CCC(c2nnc(-c3ccsc3)o2)CC1. The van der Waals surface area contributed by atoms with Crippen molar-refractivity contribution in [3.05, 3.63) is 58.4 Å². The number of aromatic nitrogens is 2. The number of amides is 1. The molecule has 128 valence electrons. The zero-order valence-electron chi connectivity index (χ0n) is 13.4. The Hall–Kier alpha value is -2.54. The van der Waals surface area contributed by atoms with Crippen LogP contribution in [0.1, 0.15) is 35.0 Å². The number of nitrogens with zero attached hydrogens (tertiary/aromatic N) is 3. The van der Waals surface area contributed by atoms with E-state index in [-0.39, 0.29) is 17.4 Å². The molecular weight excluding hydrogens is 341 g/mol. The van der Waals surface area contributed by atoms with E-state index in [0.717, 1.165) is 18.4 Å². The monoisotopic (exact) mass is 357 g/mol. The fourth-order valence-corrected chi connectivity index (χ4v) is 3.67. The number of hydrogen-bond donors (Lipinski definition) is 0. The van der Waals surface area contributed by atoms with Gasteiger partial charge in [0.1, 0.15) is 5.82 Å². The normalized spacial score (nSPS) is 15.5. The molecule has 0 unspecified atom stereocenters. The molecule has 0 atom stereocenters. The van der Waals surface area contributed by atoms with Crippen molar-refractivity contribution in [2.24, 2.45) is 0 Å². The lowest BCUT2D eigenvalue weighted by Crippen LogP contribution is -2.38. The predicted octanol–water partition coefficient (Wildman–Crippen LogP) is 3.96. The van der Waals surface area contributed by atoms with E-state index in [2.05, 4.69) is 10.2 Å². The molecule has 3 aromatic rings. The van der Waals surface area contributed by atoms with Crippen LogP contribution in [0.5, 0.6) is 0 Å². The Morgan fingerprint density at radius 2 is 2.00 bits per heavy atom. The fourth-order valence-electron chi connectivity index (χ4n) is 3.04. The number of likely N-dealkylation sites (tertiary alicyclic amines) is 1. The van der Waals surface area contributed by atoms with Gasteiger partial charge in [-0.25, -0.2) is 4.39 Å². The lowest BCUT2D eigenvalue weighted by atomic mass is 9.96. The van der Waals surface area contributed by atoms with Gasteiger partial charge in [-0.15, -0.1) is 10.2 Å². The van der Waals surface area contributed by atoms with Crippen LogP contribution in [0.4, 0.5) is 4.39 Å². The van der Waals surface area contributed by atoms with Crippen molar-refractivity contribution in [2.75, 3.05) is 13.1 Å². The van der Waals surface area contributed by atoms with E-state index < -0.39 is 5.82 Å². The second kappa shape index (κ2) is 6.76. The molecule has 1 amide bonds. The molecule has 0 bridgehead atoms. The van der Waals surface area contributed by atoms with Crippen molar-refractivity contribution >= 4 is 17.2 Å². The third-order valence-corrected chi connectivity index (χ3v) is 5.13. The van der Waals surface area contributed by atoms with Gasteiger partial charge >= 0.3 is 0 Å². The summed E-state index contributed by atoms with van der Waals surface area (Å²) in [4.78, 5) is 14.1. The first-order valence-electron chi connectivity index (χ1n) is 8.12. The Bertz CT molecular complexity index is 870. The predicted molar refractivity (Wildman–Crippen MR) is 91.9 cm³/mol. The zero-order valence-corrected chi connectivity index (χ0v) is 14.2. The highest BCUT2D eigenvalue weighted by molar-refractivity contribution is 7.08. The van der Waals surface area contributed by atoms with Crippen LogP contribution in [0.3, 0.4) is 0 Å². The van der Waals surface area contributed by atoms with Gasteiger partial charge in [0.05, 0.1) is 5.56 Å². The smallest absolute Gasteiger partial charge is 0.256 e. The number of piperidine rings is 1. The Morgan fingerprint density at radius 1 is 1.20 bits per heavy atom. The molecule has 2 aromatic heterocycles. The van der Waals surface area contributed by atoms with E-state index in [9.17, 15) is 9.18 Å². The number of benzene rings is 1. The molecule has 1 aromatic carbocycles. The quantitative estimate of drug-likeness (QED) is 0.712. The first-order chi connectivity index (χ1) is 12.2. The summed E-state index contributed by atoms with van der Waals surface area (Å²) in [5, 5.41) is 12.2. The molecule has 0 N–H and O–H groups in total. The van der Waals surface area contributed by atoms with Crippen molar-refractivity contribution in [2.45, 2.75) is 18.8 Å². The average Bonchev–Trinajstić information content (AvgIpc) is 3.33. The fraction of sp³-hybridized carbons (Fsp3) is 0.278. The number of carbonyl (C=O) groups excluding carboxylic acids is 1. The van der Waals surface area contributed by atoms with E-state index in [1.807, 2.05) is 16.8 Å². The topological polar surface area (TPSA) is 59.2 Å². The molecule has 0 radical (unpaired) electrons. The van der Waals surface area contributed by atoms with Gasteiger partial charge in [-0.3, -0.25) is 4.79 Å². The van der Waals surface area contributed by atoms with E-state index in [1.165, 1.54) is 12.1 Å². The maximum atomic E-state index is 13.8. The van der Waals surface area contributed by atoms with Gasteiger partial charge in [0, 0.05) is 30.0 Å². The summed E-state index contributed by atoms with van der Waals surface area (Å²) in [6.07, 6.45) is 1.46. The van der Waals surface area contributed by atoms with Crippen LogP contribution >= 0.6 is 11.3 Å². The Kier molecular flexibility index (Phi) is 4.31. The summed E-state index contributed by atoms with van der Waals surface area (Å²) in [7, 11) is 0. The molecule has 0 spiro atoms. The molecule has 3 heterocycles. The minimum Gasteiger partial charge on any atom is -0.420 e. The van der Waals surface area contributed by atoms with E-state index in [0.29, 0.717) is 24.9 Å². The lowest BCUT2D eigenvalue weighted by molar-refractivity contribution is 0.0701. The maximum absolute atomic E-state index is 13.8. The number of thiophene rings is 1. The molecule has 4 rings (SSSR count). The molecular formula is C18H16FN3O2S. The Morgan fingerprint density at radius 3 is 2.72 bits per heavy atom. The van der Waals surface area contributed by atoms with Gasteiger partial charge in [-0.1, -0.05) is 12.1 Å². The second-order valence-corrected chi connectivity index (χ2v) is 6.78. The van der Waals surface area contributed by atoms with Crippen LogP contribution in [-0.4, -0.2) is 34.1 Å². The van der Waals surface area contributed by atoms with Gasteiger partial charge < -0.3 is 9.32 Å². The van der Waals surface area contributed by atoms with Crippen LogP contribution in [0.25, 0.3) is 11.5 Å². The molecule has 1 saturated heterocycles. The van der Waals surface area contributed by atoms with Crippen LogP contribution in [0.15, 0.2) is 45.5 Å². The standard InChI is InChI=1S/C18H16FN3O2S/c19-15-4-2-1-3-14(15)18(23)22-8-5-12(6-9-22)16-20-21-17(24-16)13-7-10-25-11-13/h1-4,7,10-12H,5-6,8-9H2. The summed E-state index contributed by atoms with van der Waals surface area (Å²) < 4.78 is 19.6. The Balaban J connectivity index is 1.42. The van der Waals surface area contributed by atoms with E-state index >= 15 is 0 Å². The largest absolute Gasteiger partial charge is 0.420 e. The van der Waals surface area contributed by atoms with Gasteiger partial charge in [0.2, 0.25) is 11.8 Å². The van der Waals surface area contributed by atoms with E-state index in [4.69, 9.17) is 4.42 Å². The lowest BCUT2D eigenvalue weighted by Gasteiger charge is -2.30. The van der Waals surface area contributed by atoms with Crippen molar-refractivity contribution in [3.8, 4) is 11.5 Å². The molecule has 1 aliphatic rings. The number of rotatable bonds is 3. The first kappa shape index (κ1) is 16.0. The second-order valence-electron chi connectivity index (χ2n) is 6.00. The van der Waals surface area contributed by atoms with Crippen LogP contribution in [-0.2, 0) is 0 Å². The molecule has 25 heavy (non-hydrogen) atoms. The van der Waals surface area contributed by atoms with Gasteiger partial charge in [-0.2, -0.15) is 11.3 Å². The number of carbonyl (C=O) groups is 1. The molecule has 5 nitrogen and oxygen atoms in total. The summed E-state index contributed by atoms with van der Waals surface area (Å²) in [6.45, 7) is 1.10. The van der Waals surface area contributed by atoms with Crippen molar-refractivity contribution < 1.29 is 13.6 Å². The summed E-state index contributed by atoms with van der Waals surface area (Å²) in [5.41, 5.74) is 1.05. The molecule has 1 aliphatic heterocycles. The van der Waals surface area contributed by atoms with Crippen LogP contribution in [0.2, 0.25) is 0 Å². The van der Waals surface area contributed by atoms with Crippen molar-refractivity contribution in [1.29, 1.82) is 0 Å². The van der Waals surface area contributed by atoms with Crippen LogP contribution in [0, 0.1) is 5.82 Å². The highest BCUT2D eigenvalue weighted by Gasteiger charge is 2.28. The third kappa shape index (κ3) is 3.19. The van der Waals surface area contributed by atoms with Crippen LogP contribution < -0.4 is 0 Å². The van der Waals surface area contributed by atoms with Gasteiger partial charge in [0.25, 0.3) is 5.91 Å². The minimum atomic E-state index is -0.480. The minimum absolute atomic E-state index is 0.124. The Labute approximate surface area is 148 Å². The van der Waals surface area contributed by atoms with Gasteiger partial charge in [-0.05, 0) is 36.4 Å². The van der Waals surface area contributed by atoms with Crippen molar-refractivity contribution in [1.82, 2.24) is 15.1 Å². The summed E-state index contributed by atoms with van der Waals surface area (Å²) >= 11 is 1.58. The van der Waals surface area contributed by atoms with Crippen molar-refractivity contribution in [3.63, 3.8) is 0 Å². The molecule has 0 saturated carbocycles. The number of hydrogen-bond acceptors (Lipinski definition) is 5. The summed E-state index contributed by atoms with van der Waals surface area (Å²) in [5.74, 6) is 0.526. The highest BCUT2D eigenvalue weighted by Crippen LogP contribution is 2.30. The number of halogens is 1. The molecule has 0 aliphatic carbocycles. The molecule has 1 fully saturated rings. The van der Waals surface area contributed by atoms with E-state index in [1.54, 1.807) is 28.4 Å². The maximum Gasteiger partial charge on any atom is 0.256 e. The first-order valence-corrected chi connectivity index (χ1v) is 9.06. The molecule has 7 heteroatoms. The highest BCUT2D eigenvalue weighted by atomic mass is 32.1.